The van der Waals surface area contributed by atoms with Gasteiger partial charge in [-0.3, -0.25) is 9.59 Å². The van der Waals surface area contributed by atoms with Crippen LogP contribution in [0.2, 0.25) is 0 Å². The van der Waals surface area contributed by atoms with Gasteiger partial charge < -0.3 is 9.91 Å². The highest BCUT2D eigenvalue weighted by Gasteiger charge is 2.28. The molecule has 4 rings (SSSR count). The Kier molecular flexibility index (Phi) is 4.07. The predicted octanol–water partition coefficient (Wildman–Crippen LogP) is 2.97. The second-order valence-electron chi connectivity index (χ2n) is 6.98. The summed E-state index contributed by atoms with van der Waals surface area (Å²) < 4.78 is 1.64. The van der Waals surface area contributed by atoms with Crippen LogP contribution in [0.5, 0.6) is 0 Å². The number of aromatic nitrogens is 1. The van der Waals surface area contributed by atoms with Crippen LogP contribution in [-0.2, 0) is 6.54 Å². The number of carbonyl (C=O) groups is 1. The van der Waals surface area contributed by atoms with E-state index in [4.69, 9.17) is 0 Å². The molecule has 2 aromatic carbocycles. The summed E-state index contributed by atoms with van der Waals surface area (Å²) in [6.45, 7) is 0.608. The summed E-state index contributed by atoms with van der Waals surface area (Å²) in [4.78, 5) is 27.9. The molecule has 2 heterocycles. The Balaban J connectivity index is 2.11. The van der Waals surface area contributed by atoms with E-state index in [9.17, 15) is 9.59 Å². The molecule has 5 nitrogen and oxygen atoms in total. The zero-order chi connectivity index (χ0) is 19.1. The van der Waals surface area contributed by atoms with Gasteiger partial charge in [0.15, 0.2) is 0 Å². The summed E-state index contributed by atoms with van der Waals surface area (Å²) in [6.07, 6.45) is 0. The van der Waals surface area contributed by atoms with Crippen molar-refractivity contribution in [2.24, 2.45) is 0 Å². The fourth-order valence-electron chi connectivity index (χ4n) is 3.62. The molecule has 1 amide bonds. The normalized spacial score (nSPS) is 12.3. The summed E-state index contributed by atoms with van der Waals surface area (Å²) in [6, 6.07) is 19.2. The first-order valence-corrected chi connectivity index (χ1v) is 8.86. The first kappa shape index (κ1) is 17.1. The van der Waals surface area contributed by atoms with Crippen molar-refractivity contribution in [2.75, 3.05) is 26.2 Å². The Bertz CT molecular complexity index is 1080. The van der Waals surface area contributed by atoms with E-state index in [0.717, 1.165) is 16.7 Å². The molecule has 3 aromatic rings. The van der Waals surface area contributed by atoms with Crippen LogP contribution < -0.4 is 10.6 Å². The van der Waals surface area contributed by atoms with Crippen molar-refractivity contribution in [3.05, 3.63) is 82.1 Å². The molecule has 0 fully saturated rings. The summed E-state index contributed by atoms with van der Waals surface area (Å²) >= 11 is 0. The van der Waals surface area contributed by atoms with Crippen LogP contribution in [0.15, 0.2) is 65.5 Å². The predicted molar refractivity (Wildman–Crippen MR) is 107 cm³/mol. The highest BCUT2D eigenvalue weighted by atomic mass is 16.2. The van der Waals surface area contributed by atoms with Crippen LogP contribution in [-0.4, -0.2) is 36.6 Å². The number of nitrogens with zero attached hydrogens (tertiary/aromatic N) is 3. The molecule has 0 N–H and O–H groups in total. The highest BCUT2D eigenvalue weighted by molar-refractivity contribution is 6.01. The lowest BCUT2D eigenvalue weighted by Gasteiger charge is -2.33. The highest BCUT2D eigenvalue weighted by Crippen LogP contribution is 2.33. The average molecular weight is 359 g/mol. The van der Waals surface area contributed by atoms with Crippen molar-refractivity contribution in [3.63, 3.8) is 0 Å². The number of carbonyl (C=O) groups excluding carboxylic acids is 1. The number of rotatable bonds is 2. The maximum atomic E-state index is 13.4. The van der Waals surface area contributed by atoms with E-state index < -0.39 is 0 Å². The van der Waals surface area contributed by atoms with E-state index >= 15 is 0 Å². The molecule has 27 heavy (non-hydrogen) atoms. The Morgan fingerprint density at radius 3 is 2.33 bits per heavy atom. The third-order valence-corrected chi connectivity index (χ3v) is 4.91. The van der Waals surface area contributed by atoms with Gasteiger partial charge in [-0.1, -0.05) is 54.6 Å². The van der Waals surface area contributed by atoms with Crippen LogP contribution >= 0.6 is 0 Å². The Morgan fingerprint density at radius 1 is 0.963 bits per heavy atom. The maximum absolute atomic E-state index is 13.4. The zero-order valence-corrected chi connectivity index (χ0v) is 15.6. The van der Waals surface area contributed by atoms with Crippen LogP contribution in [0.4, 0.5) is 0 Å². The third-order valence-electron chi connectivity index (χ3n) is 4.91. The van der Waals surface area contributed by atoms with E-state index in [1.807, 2.05) is 66.7 Å². The molecule has 1 aromatic heterocycles. The standard InChI is InChI=1S/C22H21N3O2/c1-23(2)21(26)19-13-18(15-9-5-4-6-10-15)22(27)25-20(19)17-12-8-7-11-16(17)14-24(25)3/h4-13H,14H2,1-3H3. The number of amides is 1. The maximum Gasteiger partial charge on any atom is 0.277 e. The molecular formula is C22H21N3O2. The lowest BCUT2D eigenvalue weighted by atomic mass is 9.95. The second-order valence-corrected chi connectivity index (χ2v) is 6.98. The summed E-state index contributed by atoms with van der Waals surface area (Å²) in [5, 5.41) is 1.87. The Morgan fingerprint density at radius 2 is 1.63 bits per heavy atom. The van der Waals surface area contributed by atoms with E-state index in [1.165, 1.54) is 0 Å². The fourth-order valence-corrected chi connectivity index (χ4v) is 3.62. The molecule has 5 heteroatoms. The van der Waals surface area contributed by atoms with Gasteiger partial charge in [0, 0.05) is 32.3 Å². The van der Waals surface area contributed by atoms with Crippen LogP contribution in [0, 0.1) is 0 Å². The number of hydrogen-bond donors (Lipinski definition) is 0. The molecule has 0 atom stereocenters. The van der Waals surface area contributed by atoms with Gasteiger partial charge in [0.2, 0.25) is 0 Å². The van der Waals surface area contributed by atoms with Crippen LogP contribution in [0.1, 0.15) is 15.9 Å². The van der Waals surface area contributed by atoms with Gasteiger partial charge in [0.25, 0.3) is 11.5 Å². The van der Waals surface area contributed by atoms with Crippen LogP contribution in [0.3, 0.4) is 0 Å². The summed E-state index contributed by atoms with van der Waals surface area (Å²) in [5.74, 6) is -0.124. The Hall–Kier alpha value is -3.34. The minimum atomic E-state index is -0.124. The lowest BCUT2D eigenvalue weighted by molar-refractivity contribution is 0.0827. The van der Waals surface area contributed by atoms with Crippen LogP contribution in [0.25, 0.3) is 22.4 Å². The van der Waals surface area contributed by atoms with Crippen molar-refractivity contribution in [3.8, 4) is 22.4 Å². The molecule has 0 aliphatic carbocycles. The van der Waals surface area contributed by atoms with Crippen molar-refractivity contribution in [1.29, 1.82) is 0 Å². The monoisotopic (exact) mass is 359 g/mol. The quantitative estimate of drug-likeness (QED) is 0.707. The number of pyridine rings is 1. The van der Waals surface area contributed by atoms with Crippen molar-refractivity contribution in [1.82, 2.24) is 9.58 Å². The van der Waals surface area contributed by atoms with Gasteiger partial charge in [0.1, 0.15) is 0 Å². The smallest absolute Gasteiger partial charge is 0.277 e. The molecule has 0 saturated heterocycles. The van der Waals surface area contributed by atoms with Crippen molar-refractivity contribution >= 4 is 5.91 Å². The molecule has 136 valence electrons. The van der Waals surface area contributed by atoms with Crippen molar-refractivity contribution in [2.45, 2.75) is 6.54 Å². The topological polar surface area (TPSA) is 45.6 Å². The van der Waals surface area contributed by atoms with E-state index in [2.05, 4.69) is 0 Å². The van der Waals surface area contributed by atoms with Gasteiger partial charge >= 0.3 is 0 Å². The molecule has 0 spiro atoms. The number of benzene rings is 2. The minimum Gasteiger partial charge on any atom is -0.345 e. The van der Waals surface area contributed by atoms with Crippen molar-refractivity contribution < 1.29 is 4.79 Å². The third kappa shape index (κ3) is 2.72. The average Bonchev–Trinajstić information content (AvgIpc) is 2.68. The second kappa shape index (κ2) is 6.43. The molecule has 1 aliphatic heterocycles. The zero-order valence-electron chi connectivity index (χ0n) is 15.6. The SMILES string of the molecule is CN(C)C(=O)c1cc(-c2ccccc2)c(=O)n2c1-c1ccccc1CN2C. The fraction of sp³-hybridized carbons (Fsp3) is 0.182. The van der Waals surface area contributed by atoms with Gasteiger partial charge in [-0.25, -0.2) is 4.68 Å². The molecule has 1 aliphatic rings. The molecule has 0 unspecified atom stereocenters. The van der Waals surface area contributed by atoms with E-state index in [-0.39, 0.29) is 11.5 Å². The Labute approximate surface area is 158 Å². The first-order chi connectivity index (χ1) is 13.0. The molecule has 0 saturated carbocycles. The van der Waals surface area contributed by atoms with Gasteiger partial charge in [-0.15, -0.1) is 0 Å². The largest absolute Gasteiger partial charge is 0.345 e. The molecule has 0 bridgehead atoms. The summed E-state index contributed by atoms with van der Waals surface area (Å²) in [5.41, 5.74) is 4.41. The lowest BCUT2D eigenvalue weighted by Crippen LogP contribution is -2.44. The van der Waals surface area contributed by atoms with Gasteiger partial charge in [0.05, 0.1) is 17.8 Å². The van der Waals surface area contributed by atoms with Gasteiger partial charge in [-0.05, 0) is 17.2 Å². The molecular weight excluding hydrogens is 338 g/mol. The van der Waals surface area contributed by atoms with Gasteiger partial charge in [-0.2, -0.15) is 0 Å². The van der Waals surface area contributed by atoms with E-state index in [0.29, 0.717) is 23.4 Å². The van der Waals surface area contributed by atoms with E-state index in [1.54, 1.807) is 29.7 Å². The first-order valence-electron chi connectivity index (χ1n) is 8.86. The number of fused-ring (bicyclic) bond motifs is 3. The molecule has 0 radical (unpaired) electrons. The number of hydrogen-bond acceptors (Lipinski definition) is 3. The minimum absolute atomic E-state index is 0.122. The summed E-state index contributed by atoms with van der Waals surface area (Å²) in [7, 11) is 5.33.